The summed E-state index contributed by atoms with van der Waals surface area (Å²) in [6, 6.07) is -4.40. The number of fused-ring (bicyclic) bond motifs is 2. The minimum atomic E-state index is -1.83. The topological polar surface area (TPSA) is 355 Å². The highest BCUT2D eigenvalue weighted by Crippen LogP contribution is 2.26. The van der Waals surface area contributed by atoms with Gasteiger partial charge < -0.3 is 67.9 Å². The highest BCUT2D eigenvalue weighted by molar-refractivity contribution is 5.98. The number of ether oxygens (including phenoxy) is 1. The van der Waals surface area contributed by atoms with Crippen molar-refractivity contribution in [3.8, 4) is 5.75 Å². The first-order valence-electron chi connectivity index (χ1n) is 23.0. The van der Waals surface area contributed by atoms with Crippen LogP contribution in [0, 0.1) is 11.8 Å². The van der Waals surface area contributed by atoms with Crippen molar-refractivity contribution >= 4 is 59.2 Å². The number of guanidine groups is 1. The Bertz CT molecular complexity index is 1990. The number of hydrogen-bond donors (Lipinski definition) is 10. The molecule has 1 aromatic carbocycles. The van der Waals surface area contributed by atoms with Gasteiger partial charge >= 0.3 is 11.9 Å². The number of phenols is 1. The van der Waals surface area contributed by atoms with E-state index in [2.05, 4.69) is 31.6 Å². The number of nitrogens with zero attached hydrogens (tertiary/aromatic N) is 3. The van der Waals surface area contributed by atoms with Gasteiger partial charge in [0.1, 0.15) is 60.4 Å². The molecule has 2 heterocycles. The van der Waals surface area contributed by atoms with E-state index in [-0.39, 0.29) is 69.1 Å². The van der Waals surface area contributed by atoms with Crippen LogP contribution in [0.25, 0.3) is 0 Å². The van der Waals surface area contributed by atoms with Crippen LogP contribution in [0.15, 0.2) is 29.3 Å². The van der Waals surface area contributed by atoms with Crippen molar-refractivity contribution in [3.63, 3.8) is 0 Å². The molecule has 2 aliphatic heterocycles. The summed E-state index contributed by atoms with van der Waals surface area (Å²) in [5.41, 5.74) is 11.5. The van der Waals surface area contributed by atoms with Crippen LogP contribution in [0.2, 0.25) is 0 Å². The van der Waals surface area contributed by atoms with Crippen LogP contribution in [0.5, 0.6) is 5.75 Å². The molecule has 68 heavy (non-hydrogen) atoms. The summed E-state index contributed by atoms with van der Waals surface area (Å²) in [5.74, 6) is -9.52. The fourth-order valence-electron chi connectivity index (χ4n) is 7.89. The fourth-order valence-corrected chi connectivity index (χ4v) is 7.89. The van der Waals surface area contributed by atoms with Gasteiger partial charge in [-0.2, -0.15) is 0 Å². The molecule has 12 N–H and O–H groups in total. The van der Waals surface area contributed by atoms with Gasteiger partial charge in [-0.1, -0.05) is 46.8 Å². The molecular weight excluding hydrogens is 889 g/mol. The maximum Gasteiger partial charge on any atom is 0.329 e. The van der Waals surface area contributed by atoms with Crippen LogP contribution in [0.3, 0.4) is 0 Å². The first-order chi connectivity index (χ1) is 31.9. The molecule has 2 fully saturated rings. The highest BCUT2D eigenvalue weighted by atomic mass is 16.5. The lowest BCUT2D eigenvalue weighted by atomic mass is 9.94. The maximum absolute atomic E-state index is 14.8. The second-order valence-electron chi connectivity index (χ2n) is 18.0. The molecule has 23 heteroatoms. The summed E-state index contributed by atoms with van der Waals surface area (Å²) < 4.78 is 5.82. The van der Waals surface area contributed by atoms with Crippen molar-refractivity contribution in [1.29, 1.82) is 0 Å². The van der Waals surface area contributed by atoms with Gasteiger partial charge in [0.15, 0.2) is 5.96 Å². The lowest BCUT2D eigenvalue weighted by Gasteiger charge is -2.43. The predicted molar refractivity (Wildman–Crippen MR) is 245 cm³/mol. The van der Waals surface area contributed by atoms with Gasteiger partial charge in [-0.25, -0.2) is 4.79 Å². The standard InChI is InChI=1S/C45H70N10O13/c1-8-10-33(57)49-29(17-19-35(59)60)39(62)53-37-25(6)68-44(67)36(24(4)5)52-40(63)31(22-26-12-14-27(56)15-13-26)54(7)43(66)32(21-23(2)3)55-34(58)18-16-30(42(55)65)51-38(61)28(50-41(37)64)11-9-20-48-45(46)47/h12-15,23-25,28-32,34,36-37,56,58H,8-11,16-22H2,1-7H3,(H,49,57)(H,50,64)(H,51,61)(H,52,63)(H,53,62)(H,59,60)(H4,46,47,48). The number of nitrogens with one attached hydrogen (secondary N) is 5. The Morgan fingerprint density at radius 2 is 1.57 bits per heavy atom. The summed E-state index contributed by atoms with van der Waals surface area (Å²) in [5, 5.41) is 43.7. The number of aliphatic carboxylic acids is 1. The summed E-state index contributed by atoms with van der Waals surface area (Å²) >= 11 is 0. The van der Waals surface area contributed by atoms with Crippen molar-refractivity contribution in [1.82, 2.24) is 36.4 Å². The lowest BCUT2D eigenvalue weighted by Crippen LogP contribution is -2.65. The SMILES string of the molecule is CCCC(=O)NC(CCC(=O)O)C(=O)NC1C(=O)NC(CCCN=C(N)N)C(=O)NC2CCC(O)N(C2=O)C(CC(C)C)C(=O)N(C)C(Cc2ccc(O)cc2)C(=O)NC(C(C)C)C(=O)OC1C. The third-order valence-corrected chi connectivity index (χ3v) is 11.6. The van der Waals surface area contributed by atoms with E-state index in [1.807, 2.05) is 0 Å². The van der Waals surface area contributed by atoms with Crippen molar-refractivity contribution in [2.24, 2.45) is 28.3 Å². The lowest BCUT2D eigenvalue weighted by molar-refractivity contribution is -0.166. The Balaban J connectivity index is 2.25. The van der Waals surface area contributed by atoms with E-state index in [4.69, 9.17) is 16.2 Å². The molecule has 1 aromatic rings. The number of amides is 7. The summed E-state index contributed by atoms with van der Waals surface area (Å²) in [4.78, 5) is 131. The number of rotatable bonds is 17. The Morgan fingerprint density at radius 3 is 2.16 bits per heavy atom. The Labute approximate surface area is 395 Å². The number of carboxylic acids is 1. The number of cyclic esters (lactones) is 1. The van der Waals surface area contributed by atoms with Crippen molar-refractivity contribution < 1.29 is 63.2 Å². The van der Waals surface area contributed by atoms with E-state index in [1.54, 1.807) is 34.6 Å². The molecule has 0 spiro atoms. The summed E-state index contributed by atoms with van der Waals surface area (Å²) in [6.07, 6.45) is -3.95. The molecule has 2 aliphatic rings. The molecule has 23 nitrogen and oxygen atoms in total. The van der Waals surface area contributed by atoms with E-state index < -0.39 is 127 Å². The zero-order valence-corrected chi connectivity index (χ0v) is 39.9. The quantitative estimate of drug-likeness (QED) is 0.0382. The van der Waals surface area contributed by atoms with E-state index in [0.717, 1.165) is 9.80 Å². The van der Waals surface area contributed by atoms with Crippen LogP contribution in [0.4, 0.5) is 0 Å². The number of aliphatic hydroxyl groups excluding tert-OH is 1. The van der Waals surface area contributed by atoms with Gasteiger partial charge in [-0.05, 0) is 81.4 Å². The van der Waals surface area contributed by atoms with Gasteiger partial charge in [0, 0.05) is 32.9 Å². The van der Waals surface area contributed by atoms with Crippen molar-refractivity contribution in [2.45, 2.75) is 160 Å². The Kier molecular flexibility index (Phi) is 21.4. The number of carboxylic acid groups (broad SMARTS) is 1. The molecule has 9 atom stereocenters. The van der Waals surface area contributed by atoms with Gasteiger partial charge in [-0.15, -0.1) is 0 Å². The van der Waals surface area contributed by atoms with Gasteiger partial charge in [0.25, 0.3) is 0 Å². The summed E-state index contributed by atoms with van der Waals surface area (Å²) in [6.45, 7) is 9.77. The second kappa shape index (κ2) is 26.1. The number of benzene rings is 1. The monoisotopic (exact) mass is 959 g/mol. The molecule has 2 bridgehead atoms. The number of carbonyl (C=O) groups excluding carboxylic acids is 8. The number of aliphatic hydroxyl groups is 1. The first kappa shape index (κ1) is 55.8. The Morgan fingerprint density at radius 1 is 0.912 bits per heavy atom. The smallest absolute Gasteiger partial charge is 0.329 e. The van der Waals surface area contributed by atoms with Crippen molar-refractivity contribution in [3.05, 3.63) is 29.8 Å². The highest BCUT2D eigenvalue weighted by Gasteiger charge is 2.46. The molecule has 378 valence electrons. The van der Waals surface area contributed by atoms with E-state index in [0.29, 0.717) is 12.0 Å². The fraction of sp³-hybridized carbons (Fsp3) is 0.644. The molecule has 0 aromatic heterocycles. The normalized spacial score (nSPS) is 24.9. The zero-order chi connectivity index (χ0) is 51.0. The minimum Gasteiger partial charge on any atom is -0.508 e. The number of esters is 1. The number of aliphatic imine (C=N–C) groups is 1. The molecule has 0 aliphatic carbocycles. The van der Waals surface area contributed by atoms with E-state index in [1.165, 1.54) is 38.2 Å². The number of hydrogen-bond acceptors (Lipinski definition) is 13. The van der Waals surface area contributed by atoms with E-state index >= 15 is 0 Å². The average Bonchev–Trinajstić information content (AvgIpc) is 3.25. The number of carbonyl (C=O) groups is 9. The predicted octanol–water partition coefficient (Wildman–Crippen LogP) is -1.14. The van der Waals surface area contributed by atoms with Crippen LogP contribution in [-0.2, 0) is 54.3 Å². The molecule has 0 saturated carbocycles. The van der Waals surface area contributed by atoms with Gasteiger partial charge in [0.05, 0.1) is 0 Å². The average molecular weight is 959 g/mol. The number of nitrogens with two attached hydrogens (primary N) is 2. The van der Waals surface area contributed by atoms with Gasteiger partial charge in [0.2, 0.25) is 41.4 Å². The number of likely N-dealkylation sites (N-methyl/N-ethyl adjacent to an activating group) is 1. The van der Waals surface area contributed by atoms with Gasteiger partial charge in [-0.3, -0.25) is 43.3 Å². The zero-order valence-electron chi connectivity index (χ0n) is 39.9. The number of piperidine rings is 1. The molecule has 9 unspecified atom stereocenters. The summed E-state index contributed by atoms with van der Waals surface area (Å²) in [7, 11) is 1.35. The molecule has 7 amide bonds. The van der Waals surface area contributed by atoms with Crippen LogP contribution >= 0.6 is 0 Å². The molecule has 2 saturated heterocycles. The first-order valence-corrected chi connectivity index (χ1v) is 23.0. The number of phenolic OH excluding ortho intramolecular Hbond substituents is 1. The molecule has 0 radical (unpaired) electrons. The third-order valence-electron chi connectivity index (χ3n) is 11.6. The van der Waals surface area contributed by atoms with Crippen LogP contribution < -0.4 is 38.1 Å². The van der Waals surface area contributed by atoms with Crippen LogP contribution in [0.1, 0.15) is 105 Å². The van der Waals surface area contributed by atoms with E-state index in [9.17, 15) is 58.5 Å². The van der Waals surface area contributed by atoms with Crippen molar-refractivity contribution in [2.75, 3.05) is 13.6 Å². The minimum absolute atomic E-state index is 0.00374. The number of aromatic hydroxyl groups is 1. The molecule has 3 rings (SSSR count). The Hall–Kier alpha value is -6.52. The third kappa shape index (κ3) is 16.4. The largest absolute Gasteiger partial charge is 0.508 e. The maximum atomic E-state index is 14.8. The van der Waals surface area contributed by atoms with Crippen LogP contribution in [-0.4, -0.2) is 153 Å². The molecular formula is C45H70N10O13. The second-order valence-corrected chi connectivity index (χ2v) is 18.0.